The molecule has 0 bridgehead atoms. The van der Waals surface area contributed by atoms with Crippen LogP contribution >= 0.6 is 0 Å². The van der Waals surface area contributed by atoms with Crippen molar-refractivity contribution in [1.82, 2.24) is 9.88 Å². The first-order chi connectivity index (χ1) is 7.15. The van der Waals surface area contributed by atoms with Gasteiger partial charge < -0.3 is 15.2 Å². The van der Waals surface area contributed by atoms with Gasteiger partial charge in [-0.25, -0.2) is 0 Å². The van der Waals surface area contributed by atoms with Crippen LogP contribution in [0.5, 0.6) is 0 Å². The van der Waals surface area contributed by atoms with Crippen molar-refractivity contribution in [3.8, 4) is 0 Å². The zero-order chi connectivity index (χ0) is 11.3. The summed E-state index contributed by atoms with van der Waals surface area (Å²) < 4.78 is 1.72. The van der Waals surface area contributed by atoms with E-state index in [0.717, 1.165) is 18.8 Å². The van der Waals surface area contributed by atoms with Gasteiger partial charge in [-0.3, -0.25) is 4.79 Å². The molecule has 84 valence electrons. The van der Waals surface area contributed by atoms with Crippen LogP contribution < -0.4 is 16.2 Å². The minimum Gasteiger partial charge on any atom is -0.383 e. The van der Waals surface area contributed by atoms with E-state index in [-0.39, 0.29) is 11.6 Å². The molecule has 1 rings (SSSR count). The number of rotatable bonds is 5. The van der Waals surface area contributed by atoms with Crippen molar-refractivity contribution >= 4 is 5.69 Å². The topological polar surface area (TPSA) is 46.1 Å². The van der Waals surface area contributed by atoms with Crippen LogP contribution in [0.25, 0.3) is 0 Å². The highest BCUT2D eigenvalue weighted by atomic mass is 16.1. The second-order valence-electron chi connectivity index (χ2n) is 3.79. The van der Waals surface area contributed by atoms with Gasteiger partial charge in [-0.15, -0.1) is 0 Å². The number of hydrogen-bond acceptors (Lipinski definition) is 3. The lowest BCUT2D eigenvalue weighted by Crippen LogP contribution is -2.22. The van der Waals surface area contributed by atoms with Crippen molar-refractivity contribution in [2.75, 3.05) is 25.5 Å². The third-order valence-electron chi connectivity index (χ3n) is 2.20. The smallest absolute Gasteiger partial charge is 0.250 e. The fourth-order valence-corrected chi connectivity index (χ4v) is 1.34. The number of pyridine rings is 1. The van der Waals surface area contributed by atoms with Crippen LogP contribution in [0, 0.1) is 0 Å². The van der Waals surface area contributed by atoms with Gasteiger partial charge in [-0.2, -0.15) is 0 Å². The first-order valence-electron chi connectivity index (χ1n) is 5.26. The first-order valence-corrected chi connectivity index (χ1v) is 5.26. The number of likely N-dealkylation sites (N-methyl/N-ethyl adjacent to an activating group) is 1. The molecule has 0 aliphatic carbocycles. The van der Waals surface area contributed by atoms with Crippen LogP contribution in [0.1, 0.15) is 19.9 Å². The maximum Gasteiger partial charge on any atom is 0.250 e. The summed E-state index contributed by atoms with van der Waals surface area (Å²) in [6.45, 7) is 5.76. The van der Waals surface area contributed by atoms with Gasteiger partial charge in [0.1, 0.15) is 0 Å². The molecule has 0 radical (unpaired) electrons. The minimum atomic E-state index is 0.0455. The average molecular weight is 209 g/mol. The van der Waals surface area contributed by atoms with Crippen LogP contribution in [-0.4, -0.2) is 24.7 Å². The molecule has 0 spiro atoms. The molecule has 0 unspecified atom stereocenters. The van der Waals surface area contributed by atoms with Crippen LogP contribution in [0.3, 0.4) is 0 Å². The van der Waals surface area contributed by atoms with E-state index in [1.165, 1.54) is 0 Å². The van der Waals surface area contributed by atoms with Crippen molar-refractivity contribution in [2.24, 2.45) is 0 Å². The number of nitrogens with one attached hydrogen (secondary N) is 2. The van der Waals surface area contributed by atoms with E-state index in [1.807, 2.05) is 33.2 Å². The predicted octanol–water partition coefficient (Wildman–Crippen LogP) is 1.06. The fourth-order valence-electron chi connectivity index (χ4n) is 1.34. The summed E-state index contributed by atoms with van der Waals surface area (Å²) in [5.41, 5.74) is 1.03. The van der Waals surface area contributed by atoms with Crippen molar-refractivity contribution in [2.45, 2.75) is 19.9 Å². The number of hydrogen-bond donors (Lipinski definition) is 2. The molecule has 1 aromatic rings. The summed E-state index contributed by atoms with van der Waals surface area (Å²) in [4.78, 5) is 11.5. The lowest BCUT2D eigenvalue weighted by atomic mass is 10.3. The normalized spacial score (nSPS) is 10.7. The second-order valence-corrected chi connectivity index (χ2v) is 3.79. The zero-order valence-electron chi connectivity index (χ0n) is 9.58. The highest BCUT2D eigenvalue weighted by molar-refractivity contribution is 5.40. The summed E-state index contributed by atoms with van der Waals surface area (Å²) in [6.07, 6.45) is 1.86. The molecule has 1 aromatic heterocycles. The molecule has 0 aliphatic heterocycles. The summed E-state index contributed by atoms with van der Waals surface area (Å²) in [5, 5.41) is 6.30. The van der Waals surface area contributed by atoms with E-state index >= 15 is 0 Å². The Labute approximate surface area is 90.3 Å². The van der Waals surface area contributed by atoms with Gasteiger partial charge in [-0.1, -0.05) is 0 Å². The number of aromatic nitrogens is 1. The Balaban J connectivity index is 2.74. The summed E-state index contributed by atoms with van der Waals surface area (Å²) in [6, 6.07) is 3.61. The monoisotopic (exact) mass is 209 g/mol. The second kappa shape index (κ2) is 5.56. The van der Waals surface area contributed by atoms with Crippen LogP contribution in [0.2, 0.25) is 0 Å². The lowest BCUT2D eigenvalue weighted by Gasteiger charge is -2.12. The van der Waals surface area contributed by atoms with Gasteiger partial charge >= 0.3 is 0 Å². The summed E-state index contributed by atoms with van der Waals surface area (Å²) in [7, 11) is 1.91. The molecule has 2 N–H and O–H groups in total. The predicted molar refractivity (Wildman–Crippen MR) is 63.5 cm³/mol. The van der Waals surface area contributed by atoms with Gasteiger partial charge in [0.2, 0.25) is 0 Å². The maximum absolute atomic E-state index is 11.5. The fraction of sp³-hybridized carbons (Fsp3) is 0.545. The van der Waals surface area contributed by atoms with E-state index in [9.17, 15) is 4.79 Å². The highest BCUT2D eigenvalue weighted by Gasteiger charge is 2.01. The highest BCUT2D eigenvalue weighted by Crippen LogP contribution is 2.06. The molecular formula is C11H19N3O. The van der Waals surface area contributed by atoms with Crippen LogP contribution in [0.4, 0.5) is 5.69 Å². The number of anilines is 1. The lowest BCUT2D eigenvalue weighted by molar-refractivity contribution is 0.579. The van der Waals surface area contributed by atoms with Gasteiger partial charge in [0.15, 0.2) is 0 Å². The van der Waals surface area contributed by atoms with Gasteiger partial charge in [0.25, 0.3) is 5.56 Å². The van der Waals surface area contributed by atoms with Crippen molar-refractivity contribution in [3.05, 3.63) is 28.7 Å². The molecule has 0 amide bonds. The Morgan fingerprint density at radius 1 is 1.33 bits per heavy atom. The van der Waals surface area contributed by atoms with E-state index in [2.05, 4.69) is 10.6 Å². The van der Waals surface area contributed by atoms with Crippen molar-refractivity contribution in [1.29, 1.82) is 0 Å². The van der Waals surface area contributed by atoms with Crippen LogP contribution in [-0.2, 0) is 0 Å². The third-order valence-corrected chi connectivity index (χ3v) is 2.20. The molecule has 0 aromatic carbocycles. The molecule has 15 heavy (non-hydrogen) atoms. The Morgan fingerprint density at radius 2 is 2.07 bits per heavy atom. The minimum absolute atomic E-state index is 0.0455. The van der Waals surface area contributed by atoms with Crippen LogP contribution in [0.15, 0.2) is 23.1 Å². The van der Waals surface area contributed by atoms with Crippen molar-refractivity contribution < 1.29 is 0 Å². The molecule has 0 atom stereocenters. The number of nitrogens with zero attached hydrogens (tertiary/aromatic N) is 1. The molecule has 4 nitrogen and oxygen atoms in total. The third kappa shape index (κ3) is 3.40. The zero-order valence-corrected chi connectivity index (χ0v) is 9.58. The molecule has 0 aliphatic rings. The molecule has 4 heteroatoms. The first kappa shape index (κ1) is 11.8. The standard InChI is InChI=1S/C11H19N3O/c1-9(2)14-8-10(4-5-11(14)15)13-7-6-12-3/h4-5,8-9,12-13H,6-7H2,1-3H3. The van der Waals surface area contributed by atoms with E-state index in [4.69, 9.17) is 0 Å². The van der Waals surface area contributed by atoms with E-state index in [1.54, 1.807) is 10.6 Å². The molecule has 0 fully saturated rings. The largest absolute Gasteiger partial charge is 0.383 e. The Morgan fingerprint density at radius 3 is 2.67 bits per heavy atom. The Kier molecular flexibility index (Phi) is 4.37. The average Bonchev–Trinajstić information content (AvgIpc) is 2.20. The SMILES string of the molecule is CNCCNc1ccc(=O)n(C(C)C)c1. The molecule has 0 saturated heterocycles. The molecule has 0 saturated carbocycles. The summed E-state index contributed by atoms with van der Waals surface area (Å²) >= 11 is 0. The van der Waals surface area contributed by atoms with Gasteiger partial charge in [0, 0.05) is 31.4 Å². The quantitative estimate of drug-likeness (QED) is 0.713. The summed E-state index contributed by atoms with van der Waals surface area (Å²) in [5.74, 6) is 0. The molecule has 1 heterocycles. The molecular weight excluding hydrogens is 190 g/mol. The van der Waals surface area contributed by atoms with E-state index in [0.29, 0.717) is 0 Å². The van der Waals surface area contributed by atoms with E-state index < -0.39 is 0 Å². The Bertz CT molecular complexity index is 357. The maximum atomic E-state index is 11.5. The van der Waals surface area contributed by atoms with Gasteiger partial charge in [0.05, 0.1) is 5.69 Å². The Hall–Kier alpha value is -1.29. The van der Waals surface area contributed by atoms with Crippen molar-refractivity contribution in [3.63, 3.8) is 0 Å². The van der Waals surface area contributed by atoms with Gasteiger partial charge in [-0.05, 0) is 27.0 Å².